The van der Waals surface area contributed by atoms with E-state index in [2.05, 4.69) is 55.2 Å². The highest BCUT2D eigenvalue weighted by Crippen LogP contribution is 2.42. The first-order valence-electron chi connectivity index (χ1n) is 14.3. The Morgan fingerprint density at radius 1 is 1.02 bits per heavy atom. The Bertz CT molecular complexity index is 1380. The summed E-state index contributed by atoms with van der Waals surface area (Å²) in [7, 11) is 0. The lowest BCUT2D eigenvalue weighted by Crippen LogP contribution is -2.34. The monoisotopic (exact) mass is 570 g/mol. The number of benzene rings is 3. The second-order valence-electron chi connectivity index (χ2n) is 10.8. The summed E-state index contributed by atoms with van der Waals surface area (Å²) in [5.74, 6) is 1.06. The molecule has 3 aromatic carbocycles. The molecule has 0 unspecified atom stereocenters. The Hall–Kier alpha value is -2.96. The van der Waals surface area contributed by atoms with E-state index in [1.807, 2.05) is 53.4 Å². The van der Waals surface area contributed by atoms with Crippen LogP contribution >= 0.6 is 23.5 Å². The second-order valence-corrected chi connectivity index (χ2v) is 13.3. The molecule has 1 aliphatic heterocycles. The fourth-order valence-electron chi connectivity index (χ4n) is 5.30. The van der Waals surface area contributed by atoms with E-state index in [4.69, 9.17) is 0 Å². The zero-order valence-electron chi connectivity index (χ0n) is 23.4. The van der Waals surface area contributed by atoms with Crippen LogP contribution in [-0.4, -0.2) is 29.4 Å². The first kappa shape index (κ1) is 28.6. The van der Waals surface area contributed by atoms with Crippen molar-refractivity contribution in [2.45, 2.75) is 69.1 Å². The third kappa shape index (κ3) is 7.21. The van der Waals surface area contributed by atoms with Gasteiger partial charge in [-0.15, -0.1) is 0 Å². The predicted octanol–water partition coefficient (Wildman–Crippen LogP) is 8.17. The number of thioether (sulfide) groups is 2. The summed E-state index contributed by atoms with van der Waals surface area (Å²) >= 11 is 3.58. The number of amides is 2. The van der Waals surface area contributed by atoms with Crippen molar-refractivity contribution in [3.63, 3.8) is 0 Å². The molecule has 1 heterocycles. The smallest absolute Gasteiger partial charge is 0.265 e. The molecule has 2 amide bonds. The number of fused-ring (bicyclic) bond motifs is 1. The van der Waals surface area contributed by atoms with Gasteiger partial charge in [-0.05, 0) is 85.9 Å². The molecule has 4 nitrogen and oxygen atoms in total. The molecule has 0 bridgehead atoms. The van der Waals surface area contributed by atoms with E-state index in [1.165, 1.54) is 55.0 Å². The quantitative estimate of drug-likeness (QED) is 0.208. The minimum atomic E-state index is -0.0429. The molecule has 0 atom stereocenters. The highest BCUT2D eigenvalue weighted by molar-refractivity contribution is 8.04. The Kier molecular flexibility index (Phi) is 9.71. The molecule has 2 aliphatic rings. The minimum Gasteiger partial charge on any atom is -0.352 e. The summed E-state index contributed by atoms with van der Waals surface area (Å²) in [5.41, 5.74) is 6.01. The topological polar surface area (TPSA) is 49.4 Å². The van der Waals surface area contributed by atoms with E-state index in [1.54, 1.807) is 0 Å². The number of nitrogens with zero attached hydrogens (tertiary/aromatic N) is 1. The molecule has 0 aromatic heterocycles. The standard InChI is InChI=1S/C34H38N2O2S2/c1-24-13-14-25(2)28(21-24)23-36-30-11-6-7-12-31(30)40-32(34(36)38)22-26-15-17-27(18-16-26)33(37)35-19-8-20-39-29-9-4-3-5-10-29/h6-7,11-18,21-22,29H,3-5,8-10,19-20,23H2,1-2H3,(H,35,37)/b32-22-. The fraction of sp³-hybridized carbons (Fsp3) is 0.353. The third-order valence-corrected chi connectivity index (χ3v) is 10.2. The Labute approximate surface area is 247 Å². The van der Waals surface area contributed by atoms with Crippen LogP contribution in [0.2, 0.25) is 0 Å². The molecular formula is C34H38N2O2S2. The van der Waals surface area contributed by atoms with Crippen molar-refractivity contribution >= 4 is 47.1 Å². The van der Waals surface area contributed by atoms with E-state index in [9.17, 15) is 9.59 Å². The maximum absolute atomic E-state index is 13.7. The minimum absolute atomic E-state index is 0.00229. The van der Waals surface area contributed by atoms with Gasteiger partial charge >= 0.3 is 0 Å². The van der Waals surface area contributed by atoms with Gasteiger partial charge in [0, 0.05) is 22.3 Å². The maximum atomic E-state index is 13.7. The van der Waals surface area contributed by atoms with E-state index < -0.39 is 0 Å². The average Bonchev–Trinajstić information content (AvgIpc) is 2.97. The van der Waals surface area contributed by atoms with Crippen molar-refractivity contribution in [2.75, 3.05) is 17.2 Å². The van der Waals surface area contributed by atoms with Crippen LogP contribution in [0.25, 0.3) is 6.08 Å². The first-order valence-corrected chi connectivity index (χ1v) is 16.2. The van der Waals surface area contributed by atoms with E-state index in [0.717, 1.165) is 39.1 Å². The summed E-state index contributed by atoms with van der Waals surface area (Å²) in [4.78, 5) is 30.0. The van der Waals surface area contributed by atoms with Crippen LogP contribution in [-0.2, 0) is 11.3 Å². The van der Waals surface area contributed by atoms with Gasteiger partial charge < -0.3 is 10.2 Å². The number of carbonyl (C=O) groups is 2. The highest BCUT2D eigenvalue weighted by Gasteiger charge is 2.29. The molecule has 1 aliphatic carbocycles. The van der Waals surface area contributed by atoms with Crippen LogP contribution in [0.3, 0.4) is 0 Å². The molecule has 0 spiro atoms. The van der Waals surface area contributed by atoms with Gasteiger partial charge in [0.1, 0.15) is 0 Å². The number of aryl methyl sites for hydroxylation is 2. The van der Waals surface area contributed by atoms with E-state index in [0.29, 0.717) is 23.6 Å². The van der Waals surface area contributed by atoms with Crippen LogP contribution in [0, 0.1) is 13.8 Å². The van der Waals surface area contributed by atoms with E-state index in [-0.39, 0.29) is 11.8 Å². The summed E-state index contributed by atoms with van der Waals surface area (Å²) in [5, 5.41) is 3.87. The zero-order chi connectivity index (χ0) is 27.9. The number of hydrogen-bond donors (Lipinski definition) is 1. The lowest BCUT2D eigenvalue weighted by Gasteiger charge is -2.31. The van der Waals surface area contributed by atoms with Crippen LogP contribution < -0.4 is 10.2 Å². The Morgan fingerprint density at radius 2 is 1.80 bits per heavy atom. The van der Waals surface area contributed by atoms with Gasteiger partial charge in [-0.1, -0.05) is 79.1 Å². The molecule has 40 heavy (non-hydrogen) atoms. The number of anilines is 1. The molecule has 0 saturated heterocycles. The van der Waals surface area contributed by atoms with Gasteiger partial charge in [-0.3, -0.25) is 9.59 Å². The van der Waals surface area contributed by atoms with Crippen LogP contribution in [0.1, 0.15) is 71.1 Å². The van der Waals surface area contributed by atoms with Crippen LogP contribution in [0.15, 0.2) is 76.5 Å². The summed E-state index contributed by atoms with van der Waals surface area (Å²) in [6.07, 6.45) is 9.75. The van der Waals surface area contributed by atoms with Gasteiger partial charge in [-0.25, -0.2) is 0 Å². The van der Waals surface area contributed by atoms with Gasteiger partial charge in [-0.2, -0.15) is 11.8 Å². The number of rotatable bonds is 9. The van der Waals surface area contributed by atoms with Gasteiger partial charge in [0.15, 0.2) is 0 Å². The number of hydrogen-bond acceptors (Lipinski definition) is 4. The maximum Gasteiger partial charge on any atom is 0.265 e. The van der Waals surface area contributed by atoms with Crippen molar-refractivity contribution in [3.05, 3.63) is 99.5 Å². The van der Waals surface area contributed by atoms with Crippen molar-refractivity contribution in [3.8, 4) is 0 Å². The molecule has 0 radical (unpaired) electrons. The van der Waals surface area contributed by atoms with Gasteiger partial charge in [0.2, 0.25) is 0 Å². The van der Waals surface area contributed by atoms with Crippen LogP contribution in [0.5, 0.6) is 0 Å². The van der Waals surface area contributed by atoms with Crippen molar-refractivity contribution in [1.29, 1.82) is 0 Å². The van der Waals surface area contributed by atoms with Crippen molar-refractivity contribution in [2.24, 2.45) is 0 Å². The van der Waals surface area contributed by atoms with E-state index >= 15 is 0 Å². The molecule has 1 fully saturated rings. The van der Waals surface area contributed by atoms with Gasteiger partial charge in [0.25, 0.3) is 11.8 Å². The van der Waals surface area contributed by atoms with Crippen LogP contribution in [0.4, 0.5) is 5.69 Å². The Balaban J connectivity index is 1.22. The Morgan fingerprint density at radius 3 is 2.60 bits per heavy atom. The lowest BCUT2D eigenvalue weighted by atomic mass is 10.0. The molecule has 1 N–H and O–H groups in total. The lowest BCUT2D eigenvalue weighted by molar-refractivity contribution is -0.114. The number of nitrogens with one attached hydrogen (secondary N) is 1. The molecule has 1 saturated carbocycles. The normalized spacial score (nSPS) is 16.7. The second kappa shape index (κ2) is 13.6. The SMILES string of the molecule is Cc1ccc(C)c(CN2C(=O)/C(=C/c3ccc(C(=O)NCCCSC4CCCCC4)cc3)Sc3ccccc32)c1. The fourth-order valence-corrected chi connectivity index (χ4v) is 7.67. The first-order chi connectivity index (χ1) is 19.5. The van der Waals surface area contributed by atoms with Crippen molar-refractivity contribution in [1.82, 2.24) is 5.32 Å². The molecular weight excluding hydrogens is 533 g/mol. The zero-order valence-corrected chi connectivity index (χ0v) is 25.1. The predicted molar refractivity (Wildman–Crippen MR) is 170 cm³/mol. The molecule has 208 valence electrons. The molecule has 6 heteroatoms. The van der Waals surface area contributed by atoms with Gasteiger partial charge in [0.05, 0.1) is 17.1 Å². The third-order valence-electron chi connectivity index (χ3n) is 7.65. The number of carbonyl (C=O) groups excluding carboxylic acids is 2. The summed E-state index contributed by atoms with van der Waals surface area (Å²) in [6, 6.07) is 22.0. The average molecular weight is 571 g/mol. The highest BCUT2D eigenvalue weighted by atomic mass is 32.2. The largest absolute Gasteiger partial charge is 0.352 e. The summed E-state index contributed by atoms with van der Waals surface area (Å²) in [6.45, 7) is 5.40. The number of para-hydroxylation sites is 1. The van der Waals surface area contributed by atoms with Crippen molar-refractivity contribution < 1.29 is 9.59 Å². The molecule has 5 rings (SSSR count). The molecule has 3 aromatic rings. The summed E-state index contributed by atoms with van der Waals surface area (Å²) < 4.78 is 0.